The van der Waals surface area contributed by atoms with Gasteiger partial charge in [0.25, 0.3) is 5.56 Å². The Morgan fingerprint density at radius 1 is 1.03 bits per heavy atom. The fourth-order valence-corrected chi connectivity index (χ4v) is 4.72. The maximum absolute atomic E-state index is 12.6. The number of methoxy groups -OCH3 is 1. The van der Waals surface area contributed by atoms with Gasteiger partial charge in [0.1, 0.15) is 5.75 Å². The monoisotopic (exact) mass is 483 g/mol. The topological polar surface area (TPSA) is 85.7 Å². The molecule has 0 fully saturated rings. The number of benzene rings is 3. The molecule has 5 rings (SSSR count). The lowest BCUT2D eigenvalue weighted by atomic mass is 9.99. The first-order chi connectivity index (χ1) is 17.1. The smallest absolute Gasteiger partial charge is 0.254 e. The molecular formula is C27H25N5O2S. The van der Waals surface area contributed by atoms with Crippen molar-refractivity contribution in [1.29, 1.82) is 0 Å². The maximum Gasteiger partial charge on any atom is 0.254 e. The zero-order chi connectivity index (χ0) is 24.2. The van der Waals surface area contributed by atoms with Crippen molar-refractivity contribution in [3.63, 3.8) is 0 Å². The minimum atomic E-state index is -0.110. The van der Waals surface area contributed by atoms with E-state index in [0.29, 0.717) is 29.4 Å². The summed E-state index contributed by atoms with van der Waals surface area (Å²) in [6, 6.07) is 22.4. The van der Waals surface area contributed by atoms with Crippen LogP contribution < -0.4 is 10.3 Å². The van der Waals surface area contributed by atoms with Crippen molar-refractivity contribution in [3.05, 3.63) is 111 Å². The molecule has 0 bridgehead atoms. The molecule has 35 heavy (non-hydrogen) atoms. The third kappa shape index (κ3) is 5.27. The molecule has 5 aromatic rings. The number of ether oxygens (including phenoxy) is 1. The van der Waals surface area contributed by atoms with E-state index in [1.165, 1.54) is 22.5 Å². The molecule has 176 valence electrons. The molecule has 0 spiro atoms. The standard InChI is InChI=1S/C27H25N5O2S/c1-18-25(14-21-8-5-7-20-6-3-4-9-24(20)21)28-27(29-26(18)33)35-17-22-16-32(31-30-22)15-19-10-12-23(34-2)13-11-19/h3-13,16H,14-15,17H2,1-2H3,(H,28,29,33). The average Bonchev–Trinajstić information content (AvgIpc) is 3.33. The Balaban J connectivity index is 1.29. The van der Waals surface area contributed by atoms with Gasteiger partial charge in [0.05, 0.1) is 25.0 Å². The van der Waals surface area contributed by atoms with E-state index in [1.54, 1.807) is 11.8 Å². The minimum absolute atomic E-state index is 0.110. The summed E-state index contributed by atoms with van der Waals surface area (Å²) in [6.07, 6.45) is 2.52. The van der Waals surface area contributed by atoms with E-state index >= 15 is 0 Å². The summed E-state index contributed by atoms with van der Waals surface area (Å²) in [5.41, 5.74) is 4.41. The molecular weight excluding hydrogens is 458 g/mol. The number of hydrogen-bond acceptors (Lipinski definition) is 6. The Hall–Kier alpha value is -3.91. The van der Waals surface area contributed by atoms with Gasteiger partial charge < -0.3 is 9.72 Å². The molecule has 0 aliphatic carbocycles. The number of thioether (sulfide) groups is 1. The lowest BCUT2D eigenvalue weighted by molar-refractivity contribution is 0.414. The SMILES string of the molecule is COc1ccc(Cn2cc(CSc3nc(Cc4cccc5ccccc45)c(C)c(=O)[nH]3)nn2)cc1. The molecule has 3 aromatic carbocycles. The highest BCUT2D eigenvalue weighted by atomic mass is 32.2. The lowest BCUT2D eigenvalue weighted by Gasteiger charge is -2.09. The Labute approximate surface area is 207 Å². The molecule has 1 N–H and O–H groups in total. The summed E-state index contributed by atoms with van der Waals surface area (Å²) in [6.45, 7) is 2.45. The quantitative estimate of drug-likeness (QED) is 0.253. The van der Waals surface area contributed by atoms with Crippen molar-refractivity contribution in [2.45, 2.75) is 30.8 Å². The third-order valence-electron chi connectivity index (χ3n) is 5.91. The van der Waals surface area contributed by atoms with Gasteiger partial charge in [-0.05, 0) is 41.0 Å². The van der Waals surface area contributed by atoms with Crippen LogP contribution in [0.4, 0.5) is 0 Å². The molecule has 8 heteroatoms. The van der Waals surface area contributed by atoms with E-state index in [2.05, 4.69) is 39.6 Å². The molecule has 0 aliphatic heterocycles. The number of aromatic nitrogens is 5. The molecule has 0 saturated carbocycles. The summed E-state index contributed by atoms with van der Waals surface area (Å²) >= 11 is 1.45. The summed E-state index contributed by atoms with van der Waals surface area (Å²) in [5, 5.41) is 11.4. The predicted octanol–water partition coefficient (Wildman–Crippen LogP) is 4.76. The number of nitrogens with one attached hydrogen (secondary N) is 1. The molecule has 2 heterocycles. The summed E-state index contributed by atoms with van der Waals surface area (Å²) in [4.78, 5) is 20.3. The predicted molar refractivity (Wildman–Crippen MR) is 138 cm³/mol. The normalized spacial score (nSPS) is 11.1. The van der Waals surface area contributed by atoms with Crippen LogP contribution in [0.15, 0.2) is 82.9 Å². The second kappa shape index (κ2) is 10.1. The highest BCUT2D eigenvalue weighted by molar-refractivity contribution is 7.98. The second-order valence-electron chi connectivity index (χ2n) is 8.30. The molecule has 0 radical (unpaired) electrons. The first kappa shape index (κ1) is 22.9. The number of nitrogens with zero attached hydrogens (tertiary/aromatic N) is 4. The number of hydrogen-bond donors (Lipinski definition) is 1. The largest absolute Gasteiger partial charge is 0.497 e. The van der Waals surface area contributed by atoms with Gasteiger partial charge in [-0.2, -0.15) is 0 Å². The van der Waals surface area contributed by atoms with Crippen LogP contribution in [0.2, 0.25) is 0 Å². The van der Waals surface area contributed by atoms with E-state index in [0.717, 1.165) is 28.3 Å². The van der Waals surface area contributed by atoms with Gasteiger partial charge in [-0.15, -0.1) is 5.10 Å². The number of aromatic amines is 1. The van der Waals surface area contributed by atoms with Crippen molar-refractivity contribution in [3.8, 4) is 5.75 Å². The lowest BCUT2D eigenvalue weighted by Crippen LogP contribution is -2.16. The van der Waals surface area contributed by atoms with Crippen LogP contribution in [0.25, 0.3) is 10.8 Å². The Morgan fingerprint density at radius 2 is 1.83 bits per heavy atom. The Morgan fingerprint density at radius 3 is 2.66 bits per heavy atom. The van der Waals surface area contributed by atoms with Crippen molar-refractivity contribution >= 4 is 22.5 Å². The highest BCUT2D eigenvalue weighted by Crippen LogP contribution is 2.23. The van der Waals surface area contributed by atoms with E-state index in [4.69, 9.17) is 9.72 Å². The van der Waals surface area contributed by atoms with Crippen LogP contribution in [-0.2, 0) is 18.7 Å². The van der Waals surface area contributed by atoms with Crippen LogP contribution in [0.1, 0.15) is 28.1 Å². The minimum Gasteiger partial charge on any atom is -0.497 e. The van der Waals surface area contributed by atoms with Gasteiger partial charge in [0.2, 0.25) is 0 Å². The van der Waals surface area contributed by atoms with Crippen LogP contribution in [0.3, 0.4) is 0 Å². The van der Waals surface area contributed by atoms with E-state index in [1.807, 2.05) is 55.6 Å². The van der Waals surface area contributed by atoms with Crippen LogP contribution >= 0.6 is 11.8 Å². The molecule has 0 aliphatic rings. The van der Waals surface area contributed by atoms with Gasteiger partial charge in [-0.25, -0.2) is 9.67 Å². The zero-order valence-corrected chi connectivity index (χ0v) is 20.4. The third-order valence-corrected chi connectivity index (χ3v) is 6.82. The molecule has 0 saturated heterocycles. The van der Waals surface area contributed by atoms with Crippen molar-refractivity contribution in [2.75, 3.05) is 7.11 Å². The Kier molecular flexibility index (Phi) is 6.63. The molecule has 7 nitrogen and oxygen atoms in total. The van der Waals surface area contributed by atoms with Gasteiger partial charge in [0.15, 0.2) is 5.16 Å². The average molecular weight is 484 g/mol. The molecule has 0 amide bonds. The first-order valence-corrected chi connectivity index (χ1v) is 12.3. The summed E-state index contributed by atoms with van der Waals surface area (Å²) in [7, 11) is 1.65. The maximum atomic E-state index is 12.6. The van der Waals surface area contributed by atoms with Gasteiger partial charge in [-0.3, -0.25) is 4.79 Å². The summed E-state index contributed by atoms with van der Waals surface area (Å²) in [5.74, 6) is 1.38. The van der Waals surface area contributed by atoms with E-state index < -0.39 is 0 Å². The zero-order valence-electron chi connectivity index (χ0n) is 19.6. The Bertz CT molecular complexity index is 1520. The van der Waals surface area contributed by atoms with Crippen molar-refractivity contribution < 1.29 is 4.74 Å². The van der Waals surface area contributed by atoms with Crippen molar-refractivity contribution in [1.82, 2.24) is 25.0 Å². The van der Waals surface area contributed by atoms with Crippen LogP contribution in [0, 0.1) is 6.92 Å². The van der Waals surface area contributed by atoms with Gasteiger partial charge in [-0.1, -0.05) is 71.6 Å². The second-order valence-corrected chi connectivity index (χ2v) is 9.27. The van der Waals surface area contributed by atoms with E-state index in [-0.39, 0.29) is 5.56 Å². The van der Waals surface area contributed by atoms with Gasteiger partial charge >= 0.3 is 0 Å². The molecule has 2 aromatic heterocycles. The molecule has 0 atom stereocenters. The number of H-pyrrole nitrogens is 1. The first-order valence-electron chi connectivity index (χ1n) is 11.3. The van der Waals surface area contributed by atoms with E-state index in [9.17, 15) is 4.79 Å². The molecule has 0 unspecified atom stereocenters. The summed E-state index contributed by atoms with van der Waals surface area (Å²) < 4.78 is 7.01. The highest BCUT2D eigenvalue weighted by Gasteiger charge is 2.12. The van der Waals surface area contributed by atoms with Gasteiger partial charge in [0, 0.05) is 23.9 Å². The fraction of sp³-hybridized carbons (Fsp3) is 0.185. The van der Waals surface area contributed by atoms with Crippen LogP contribution in [-0.4, -0.2) is 32.1 Å². The number of rotatable bonds is 8. The van der Waals surface area contributed by atoms with Crippen molar-refractivity contribution in [2.24, 2.45) is 0 Å². The fourth-order valence-electron chi connectivity index (χ4n) is 3.97. The number of fused-ring (bicyclic) bond motifs is 1. The van der Waals surface area contributed by atoms with Crippen LogP contribution in [0.5, 0.6) is 5.75 Å².